The van der Waals surface area contributed by atoms with E-state index in [0.717, 1.165) is 5.56 Å². The molecule has 2 unspecified atom stereocenters. The van der Waals surface area contributed by atoms with Gasteiger partial charge in [0.2, 0.25) is 0 Å². The monoisotopic (exact) mass is 208 g/mol. The van der Waals surface area contributed by atoms with Crippen molar-refractivity contribution in [3.8, 4) is 0 Å². The molecule has 1 aromatic rings. The minimum atomic E-state index is -0.288. The maximum atomic E-state index is 9.64. The van der Waals surface area contributed by atoms with Crippen LogP contribution in [-0.2, 0) is 0 Å². The van der Waals surface area contributed by atoms with Gasteiger partial charge in [-0.1, -0.05) is 19.9 Å². The Bertz CT molecular complexity index is 274. The summed E-state index contributed by atoms with van der Waals surface area (Å²) in [5, 5.41) is 12.9. The summed E-state index contributed by atoms with van der Waals surface area (Å²) in [6.45, 7) is 6.72. The summed E-state index contributed by atoms with van der Waals surface area (Å²) in [7, 11) is 0. The molecule has 84 valence electrons. The van der Waals surface area contributed by atoms with E-state index in [9.17, 15) is 5.11 Å². The zero-order valence-electron chi connectivity index (χ0n) is 9.64. The Kier molecular flexibility index (Phi) is 4.72. The maximum Gasteiger partial charge on any atom is 0.0687 e. The van der Waals surface area contributed by atoms with Gasteiger partial charge in [0.25, 0.3) is 0 Å². The van der Waals surface area contributed by atoms with E-state index in [1.54, 1.807) is 6.20 Å². The summed E-state index contributed by atoms with van der Waals surface area (Å²) in [5.74, 6) is 0.290. The molecule has 0 aromatic carbocycles. The highest BCUT2D eigenvalue weighted by molar-refractivity contribution is 5.12. The van der Waals surface area contributed by atoms with Crippen LogP contribution in [0.1, 0.15) is 32.4 Å². The van der Waals surface area contributed by atoms with Crippen LogP contribution in [0.4, 0.5) is 0 Å². The number of aromatic nitrogens is 1. The Morgan fingerprint density at radius 3 is 2.67 bits per heavy atom. The molecule has 0 saturated heterocycles. The fourth-order valence-electron chi connectivity index (χ4n) is 1.28. The zero-order valence-corrected chi connectivity index (χ0v) is 9.64. The smallest absolute Gasteiger partial charge is 0.0687 e. The van der Waals surface area contributed by atoms with Crippen molar-refractivity contribution in [3.05, 3.63) is 30.1 Å². The fourth-order valence-corrected chi connectivity index (χ4v) is 1.28. The van der Waals surface area contributed by atoms with Gasteiger partial charge >= 0.3 is 0 Å². The van der Waals surface area contributed by atoms with Gasteiger partial charge in [0, 0.05) is 25.0 Å². The summed E-state index contributed by atoms with van der Waals surface area (Å²) < 4.78 is 0. The average Bonchev–Trinajstić information content (AvgIpc) is 2.26. The molecule has 1 aromatic heterocycles. The van der Waals surface area contributed by atoms with Gasteiger partial charge in [-0.3, -0.25) is 4.98 Å². The topological polar surface area (TPSA) is 45.1 Å². The van der Waals surface area contributed by atoms with Gasteiger partial charge in [-0.25, -0.2) is 0 Å². The first-order valence-electron chi connectivity index (χ1n) is 5.42. The van der Waals surface area contributed by atoms with Crippen LogP contribution in [0.15, 0.2) is 24.5 Å². The lowest BCUT2D eigenvalue weighted by Crippen LogP contribution is -2.32. The lowest BCUT2D eigenvalue weighted by molar-refractivity contribution is 0.120. The first-order valence-corrected chi connectivity index (χ1v) is 5.42. The van der Waals surface area contributed by atoms with Crippen LogP contribution in [0.25, 0.3) is 0 Å². The number of pyridine rings is 1. The molecule has 0 aliphatic rings. The Labute approximate surface area is 91.5 Å². The highest BCUT2D eigenvalue weighted by Crippen LogP contribution is 2.10. The zero-order chi connectivity index (χ0) is 11.3. The van der Waals surface area contributed by atoms with E-state index in [-0.39, 0.29) is 12.1 Å². The first kappa shape index (κ1) is 12.1. The van der Waals surface area contributed by atoms with E-state index in [1.165, 1.54) is 0 Å². The van der Waals surface area contributed by atoms with E-state index in [2.05, 4.69) is 17.2 Å². The Morgan fingerprint density at radius 2 is 2.13 bits per heavy atom. The first-order chi connectivity index (χ1) is 7.11. The van der Waals surface area contributed by atoms with Gasteiger partial charge in [0.1, 0.15) is 0 Å². The normalized spacial score (nSPS) is 15.3. The van der Waals surface area contributed by atoms with Crippen molar-refractivity contribution in [1.29, 1.82) is 0 Å². The Hall–Kier alpha value is -0.930. The minimum absolute atomic E-state index is 0.229. The molecule has 0 aliphatic carbocycles. The fraction of sp³-hybridized carbons (Fsp3) is 0.583. The molecule has 0 saturated carbocycles. The molecule has 0 spiro atoms. The lowest BCUT2D eigenvalue weighted by Gasteiger charge is -2.19. The van der Waals surface area contributed by atoms with Crippen LogP contribution in [0.2, 0.25) is 0 Å². The highest BCUT2D eigenvalue weighted by atomic mass is 16.3. The lowest BCUT2D eigenvalue weighted by atomic mass is 10.1. The summed E-state index contributed by atoms with van der Waals surface area (Å²) in [4.78, 5) is 4.07. The van der Waals surface area contributed by atoms with Crippen LogP contribution in [0.5, 0.6) is 0 Å². The van der Waals surface area contributed by atoms with Gasteiger partial charge in [0.05, 0.1) is 6.10 Å². The molecule has 3 heteroatoms. The third kappa shape index (κ3) is 3.98. The summed E-state index contributed by atoms with van der Waals surface area (Å²) in [5.41, 5.74) is 1.15. The average molecular weight is 208 g/mol. The highest BCUT2D eigenvalue weighted by Gasteiger charge is 2.11. The van der Waals surface area contributed by atoms with Gasteiger partial charge in [-0.05, 0) is 24.5 Å². The van der Waals surface area contributed by atoms with Crippen molar-refractivity contribution < 1.29 is 5.11 Å². The molecule has 0 bridgehead atoms. The SMILES string of the molecule is CC(NCC(O)C(C)C)c1cccnc1. The number of nitrogens with zero attached hydrogens (tertiary/aromatic N) is 1. The molecule has 1 rings (SSSR count). The second-order valence-electron chi connectivity index (χ2n) is 4.23. The number of aliphatic hydroxyl groups is 1. The minimum Gasteiger partial charge on any atom is -0.392 e. The molecule has 2 atom stereocenters. The third-order valence-corrected chi connectivity index (χ3v) is 2.59. The molecule has 0 fully saturated rings. The van der Waals surface area contributed by atoms with Gasteiger partial charge in [-0.2, -0.15) is 0 Å². The van der Waals surface area contributed by atoms with Crippen molar-refractivity contribution in [2.45, 2.75) is 32.9 Å². The largest absolute Gasteiger partial charge is 0.392 e. The number of rotatable bonds is 5. The van der Waals surface area contributed by atoms with Crippen molar-refractivity contribution >= 4 is 0 Å². The number of nitrogens with one attached hydrogen (secondary N) is 1. The van der Waals surface area contributed by atoms with Gasteiger partial charge in [0.15, 0.2) is 0 Å². The van der Waals surface area contributed by atoms with E-state index >= 15 is 0 Å². The second-order valence-corrected chi connectivity index (χ2v) is 4.23. The van der Waals surface area contributed by atoms with Gasteiger partial charge < -0.3 is 10.4 Å². The number of aliphatic hydroxyl groups excluding tert-OH is 1. The predicted octanol–water partition coefficient (Wildman–Crippen LogP) is 1.75. The molecular formula is C12H20N2O. The molecule has 0 amide bonds. The van der Waals surface area contributed by atoms with E-state index < -0.39 is 0 Å². The van der Waals surface area contributed by atoms with Crippen LogP contribution >= 0.6 is 0 Å². The van der Waals surface area contributed by atoms with Crippen LogP contribution < -0.4 is 5.32 Å². The van der Waals surface area contributed by atoms with E-state index in [1.807, 2.05) is 32.2 Å². The van der Waals surface area contributed by atoms with Crippen LogP contribution in [0, 0.1) is 5.92 Å². The standard InChI is InChI=1S/C12H20N2O/c1-9(2)12(15)8-14-10(3)11-5-4-6-13-7-11/h4-7,9-10,12,14-15H,8H2,1-3H3. The number of hydrogen-bond donors (Lipinski definition) is 2. The van der Waals surface area contributed by atoms with Crippen molar-refractivity contribution in [3.63, 3.8) is 0 Å². The second kappa shape index (κ2) is 5.83. The molecule has 0 radical (unpaired) electrons. The molecular weight excluding hydrogens is 188 g/mol. The summed E-state index contributed by atoms with van der Waals surface area (Å²) >= 11 is 0. The van der Waals surface area contributed by atoms with E-state index in [0.29, 0.717) is 12.5 Å². The van der Waals surface area contributed by atoms with Crippen LogP contribution in [-0.4, -0.2) is 22.7 Å². The van der Waals surface area contributed by atoms with Crippen molar-refractivity contribution in [2.24, 2.45) is 5.92 Å². The van der Waals surface area contributed by atoms with Crippen LogP contribution in [0.3, 0.4) is 0 Å². The molecule has 1 heterocycles. The molecule has 0 aliphatic heterocycles. The molecule has 15 heavy (non-hydrogen) atoms. The Balaban J connectivity index is 2.40. The number of hydrogen-bond acceptors (Lipinski definition) is 3. The summed E-state index contributed by atoms with van der Waals surface area (Å²) in [6, 6.07) is 4.19. The van der Waals surface area contributed by atoms with Gasteiger partial charge in [-0.15, -0.1) is 0 Å². The molecule has 3 nitrogen and oxygen atoms in total. The summed E-state index contributed by atoms with van der Waals surface area (Å²) in [6.07, 6.45) is 3.32. The van der Waals surface area contributed by atoms with E-state index in [4.69, 9.17) is 0 Å². The van der Waals surface area contributed by atoms with Crippen molar-refractivity contribution in [2.75, 3.05) is 6.54 Å². The quantitative estimate of drug-likeness (QED) is 0.775. The maximum absolute atomic E-state index is 9.64. The van der Waals surface area contributed by atoms with Crippen molar-refractivity contribution in [1.82, 2.24) is 10.3 Å². The Morgan fingerprint density at radius 1 is 1.40 bits per heavy atom. The predicted molar refractivity (Wildman–Crippen MR) is 61.5 cm³/mol. The third-order valence-electron chi connectivity index (χ3n) is 2.59. The molecule has 2 N–H and O–H groups in total.